The van der Waals surface area contributed by atoms with Gasteiger partial charge in [-0.2, -0.15) is 0 Å². The van der Waals surface area contributed by atoms with Gasteiger partial charge in [-0.15, -0.1) is 0 Å². The molecule has 0 bridgehead atoms. The standard InChI is InChI=1S/C16H29NO3/c1-4-19-15(18)12-17(13(2)3)14-7-10-20-16(11-14)8-5-6-9-16/h13-14H,4-12H2,1-3H3. The van der Waals surface area contributed by atoms with Gasteiger partial charge in [0.25, 0.3) is 0 Å². The highest BCUT2D eigenvalue weighted by Crippen LogP contribution is 2.41. The van der Waals surface area contributed by atoms with Crippen LogP contribution in [0.3, 0.4) is 0 Å². The van der Waals surface area contributed by atoms with Gasteiger partial charge in [0.1, 0.15) is 0 Å². The zero-order valence-electron chi connectivity index (χ0n) is 13.2. The van der Waals surface area contributed by atoms with Crippen molar-refractivity contribution in [3.63, 3.8) is 0 Å². The summed E-state index contributed by atoms with van der Waals surface area (Å²) in [4.78, 5) is 14.1. The Morgan fingerprint density at radius 2 is 2.10 bits per heavy atom. The Hall–Kier alpha value is -0.610. The van der Waals surface area contributed by atoms with Crippen LogP contribution in [-0.2, 0) is 14.3 Å². The molecule has 2 aliphatic rings. The van der Waals surface area contributed by atoms with Crippen molar-refractivity contribution in [2.24, 2.45) is 0 Å². The molecule has 1 atom stereocenters. The van der Waals surface area contributed by atoms with E-state index in [1.807, 2.05) is 6.92 Å². The molecule has 0 aromatic carbocycles. The van der Waals surface area contributed by atoms with Gasteiger partial charge in [0.05, 0.1) is 18.8 Å². The van der Waals surface area contributed by atoms with Gasteiger partial charge in [0, 0.05) is 18.7 Å². The Bertz CT molecular complexity index is 324. The molecule has 1 spiro atoms. The van der Waals surface area contributed by atoms with E-state index < -0.39 is 0 Å². The van der Waals surface area contributed by atoms with Gasteiger partial charge in [-0.25, -0.2) is 0 Å². The SMILES string of the molecule is CCOC(=O)CN(C(C)C)C1CCOC2(CCCC2)C1. The van der Waals surface area contributed by atoms with Crippen molar-refractivity contribution >= 4 is 5.97 Å². The van der Waals surface area contributed by atoms with Gasteiger partial charge < -0.3 is 9.47 Å². The van der Waals surface area contributed by atoms with Crippen molar-refractivity contribution in [1.82, 2.24) is 4.90 Å². The van der Waals surface area contributed by atoms with Crippen LogP contribution in [0.2, 0.25) is 0 Å². The van der Waals surface area contributed by atoms with Crippen LogP contribution in [0, 0.1) is 0 Å². The quantitative estimate of drug-likeness (QED) is 0.727. The first-order valence-electron chi connectivity index (χ1n) is 8.11. The molecule has 1 saturated carbocycles. The van der Waals surface area contributed by atoms with Crippen molar-refractivity contribution < 1.29 is 14.3 Å². The molecule has 116 valence electrons. The maximum Gasteiger partial charge on any atom is 0.320 e. The van der Waals surface area contributed by atoms with Crippen molar-refractivity contribution in [2.45, 2.75) is 77.0 Å². The number of carbonyl (C=O) groups is 1. The highest BCUT2D eigenvalue weighted by Gasteiger charge is 2.42. The second kappa shape index (κ2) is 6.90. The zero-order chi connectivity index (χ0) is 14.6. The lowest BCUT2D eigenvalue weighted by Crippen LogP contribution is -2.51. The van der Waals surface area contributed by atoms with E-state index in [9.17, 15) is 4.79 Å². The minimum absolute atomic E-state index is 0.102. The lowest BCUT2D eigenvalue weighted by Gasteiger charge is -2.44. The van der Waals surface area contributed by atoms with E-state index in [0.717, 1.165) is 19.4 Å². The number of hydrogen-bond acceptors (Lipinski definition) is 4. The molecule has 20 heavy (non-hydrogen) atoms. The molecule has 0 aromatic heterocycles. The Morgan fingerprint density at radius 1 is 1.40 bits per heavy atom. The van der Waals surface area contributed by atoms with Crippen LogP contribution >= 0.6 is 0 Å². The second-order valence-corrected chi connectivity index (χ2v) is 6.46. The lowest BCUT2D eigenvalue weighted by molar-refractivity contribution is -0.149. The largest absolute Gasteiger partial charge is 0.465 e. The molecule has 4 nitrogen and oxygen atoms in total. The van der Waals surface area contributed by atoms with Gasteiger partial charge in [0.15, 0.2) is 0 Å². The van der Waals surface area contributed by atoms with Crippen LogP contribution in [0.15, 0.2) is 0 Å². The molecule has 1 saturated heterocycles. The van der Waals surface area contributed by atoms with E-state index in [2.05, 4.69) is 18.7 Å². The third-order valence-electron chi connectivity index (χ3n) is 4.73. The van der Waals surface area contributed by atoms with Gasteiger partial charge in [-0.1, -0.05) is 12.8 Å². The highest BCUT2D eigenvalue weighted by molar-refractivity contribution is 5.71. The maximum atomic E-state index is 11.8. The molecule has 0 radical (unpaired) electrons. The molecule has 0 amide bonds. The Morgan fingerprint density at radius 3 is 2.70 bits per heavy atom. The van der Waals surface area contributed by atoms with Crippen molar-refractivity contribution in [3.05, 3.63) is 0 Å². The first-order valence-corrected chi connectivity index (χ1v) is 8.11. The van der Waals surface area contributed by atoms with Crippen LogP contribution in [0.5, 0.6) is 0 Å². The minimum atomic E-state index is -0.104. The van der Waals surface area contributed by atoms with E-state index in [1.165, 1.54) is 25.7 Å². The Labute approximate surface area is 122 Å². The van der Waals surface area contributed by atoms with Crippen LogP contribution in [-0.4, -0.2) is 48.3 Å². The van der Waals surface area contributed by atoms with Crippen molar-refractivity contribution in [2.75, 3.05) is 19.8 Å². The van der Waals surface area contributed by atoms with Crippen LogP contribution in [0.25, 0.3) is 0 Å². The van der Waals surface area contributed by atoms with Crippen LogP contribution in [0.1, 0.15) is 59.3 Å². The van der Waals surface area contributed by atoms with Crippen LogP contribution in [0.4, 0.5) is 0 Å². The fraction of sp³-hybridized carbons (Fsp3) is 0.938. The number of rotatable bonds is 5. The summed E-state index contributed by atoms with van der Waals surface area (Å²) in [6.07, 6.45) is 7.05. The Balaban J connectivity index is 1.99. The molecule has 0 aromatic rings. The van der Waals surface area contributed by atoms with E-state index in [0.29, 0.717) is 25.2 Å². The lowest BCUT2D eigenvalue weighted by atomic mass is 9.87. The Kier molecular flexibility index (Phi) is 5.44. The van der Waals surface area contributed by atoms with Crippen LogP contribution < -0.4 is 0 Å². The first-order chi connectivity index (χ1) is 9.56. The summed E-state index contributed by atoms with van der Waals surface area (Å²) in [5, 5.41) is 0. The van der Waals surface area contributed by atoms with E-state index in [1.54, 1.807) is 0 Å². The minimum Gasteiger partial charge on any atom is -0.465 e. The molecule has 2 fully saturated rings. The fourth-order valence-corrected chi connectivity index (χ4v) is 3.74. The second-order valence-electron chi connectivity index (χ2n) is 6.46. The van der Waals surface area contributed by atoms with E-state index >= 15 is 0 Å². The fourth-order valence-electron chi connectivity index (χ4n) is 3.74. The summed E-state index contributed by atoms with van der Waals surface area (Å²) in [6.45, 7) is 7.89. The summed E-state index contributed by atoms with van der Waals surface area (Å²) in [6, 6.07) is 0.812. The molecular formula is C16H29NO3. The predicted molar refractivity (Wildman–Crippen MR) is 78.6 cm³/mol. The summed E-state index contributed by atoms with van der Waals surface area (Å²) >= 11 is 0. The molecule has 1 aliphatic heterocycles. The smallest absolute Gasteiger partial charge is 0.320 e. The average Bonchev–Trinajstić information content (AvgIpc) is 2.84. The zero-order valence-corrected chi connectivity index (χ0v) is 13.2. The average molecular weight is 283 g/mol. The van der Waals surface area contributed by atoms with Gasteiger partial charge in [0.2, 0.25) is 0 Å². The first kappa shape index (κ1) is 15.8. The monoisotopic (exact) mass is 283 g/mol. The van der Waals surface area contributed by atoms with E-state index in [-0.39, 0.29) is 11.6 Å². The number of esters is 1. The van der Waals surface area contributed by atoms with Gasteiger partial charge in [-0.05, 0) is 46.5 Å². The van der Waals surface area contributed by atoms with Crippen molar-refractivity contribution in [3.8, 4) is 0 Å². The molecule has 1 heterocycles. The summed E-state index contributed by atoms with van der Waals surface area (Å²) in [5.74, 6) is -0.104. The van der Waals surface area contributed by atoms with Crippen molar-refractivity contribution in [1.29, 1.82) is 0 Å². The van der Waals surface area contributed by atoms with Gasteiger partial charge >= 0.3 is 5.97 Å². The summed E-state index contributed by atoms with van der Waals surface area (Å²) in [7, 11) is 0. The third-order valence-corrected chi connectivity index (χ3v) is 4.73. The molecular weight excluding hydrogens is 254 g/mol. The third kappa shape index (κ3) is 3.73. The number of nitrogens with zero attached hydrogens (tertiary/aromatic N) is 1. The van der Waals surface area contributed by atoms with Gasteiger partial charge in [-0.3, -0.25) is 9.69 Å². The number of hydrogen-bond donors (Lipinski definition) is 0. The maximum absolute atomic E-state index is 11.8. The molecule has 1 unspecified atom stereocenters. The predicted octanol–water partition coefficient (Wildman–Crippen LogP) is 2.75. The number of ether oxygens (including phenoxy) is 2. The molecule has 2 rings (SSSR count). The summed E-state index contributed by atoms with van der Waals surface area (Å²) < 4.78 is 11.2. The van der Waals surface area contributed by atoms with E-state index in [4.69, 9.17) is 9.47 Å². The molecule has 0 N–H and O–H groups in total. The summed E-state index contributed by atoms with van der Waals surface area (Å²) in [5.41, 5.74) is 0.102. The highest BCUT2D eigenvalue weighted by atomic mass is 16.5. The molecule has 1 aliphatic carbocycles. The topological polar surface area (TPSA) is 38.8 Å². The number of carbonyl (C=O) groups excluding carboxylic acids is 1. The normalized spacial score (nSPS) is 25.6. The molecule has 4 heteroatoms.